The lowest BCUT2D eigenvalue weighted by Crippen LogP contribution is -2.49. The van der Waals surface area contributed by atoms with Crippen LogP contribution in [0.15, 0.2) is 73.1 Å². The maximum Gasteiger partial charge on any atom is 0.225 e. The van der Waals surface area contributed by atoms with Gasteiger partial charge in [-0.25, -0.2) is 9.97 Å². The van der Waals surface area contributed by atoms with Crippen LogP contribution in [0.5, 0.6) is 17.2 Å². The third-order valence-electron chi connectivity index (χ3n) is 4.92. The van der Waals surface area contributed by atoms with Gasteiger partial charge in [0.25, 0.3) is 0 Å². The minimum Gasteiger partial charge on any atom is -0.491 e. The Morgan fingerprint density at radius 3 is 2.13 bits per heavy atom. The van der Waals surface area contributed by atoms with Crippen molar-refractivity contribution >= 4 is 5.95 Å². The summed E-state index contributed by atoms with van der Waals surface area (Å²) >= 11 is 0. The molecule has 3 aromatic rings. The summed E-state index contributed by atoms with van der Waals surface area (Å²) in [5.41, 5.74) is 0. The van der Waals surface area contributed by atoms with E-state index in [4.69, 9.17) is 9.47 Å². The molecule has 0 unspecified atom stereocenters. The summed E-state index contributed by atoms with van der Waals surface area (Å²) in [5, 5.41) is 10.4. The molecule has 2 aromatic carbocycles. The molecule has 30 heavy (non-hydrogen) atoms. The van der Waals surface area contributed by atoms with E-state index >= 15 is 0 Å². The van der Waals surface area contributed by atoms with Crippen LogP contribution >= 0.6 is 0 Å². The summed E-state index contributed by atoms with van der Waals surface area (Å²) in [6, 6.07) is 18.9. The van der Waals surface area contributed by atoms with Crippen LogP contribution in [0.25, 0.3) is 0 Å². The average Bonchev–Trinajstić information content (AvgIpc) is 2.80. The minimum atomic E-state index is -0.551. The van der Waals surface area contributed by atoms with E-state index in [-0.39, 0.29) is 6.61 Å². The molecule has 1 aliphatic heterocycles. The topological polar surface area (TPSA) is 71.0 Å². The molecule has 0 aliphatic carbocycles. The molecule has 1 aromatic heterocycles. The Morgan fingerprint density at radius 2 is 1.43 bits per heavy atom. The lowest BCUT2D eigenvalue weighted by Gasteiger charge is -2.35. The van der Waals surface area contributed by atoms with E-state index in [0.717, 1.165) is 43.6 Å². The summed E-state index contributed by atoms with van der Waals surface area (Å²) in [5.74, 6) is 3.01. The Morgan fingerprint density at radius 1 is 0.800 bits per heavy atom. The molecular weight excluding hydrogens is 380 g/mol. The molecule has 1 fully saturated rings. The van der Waals surface area contributed by atoms with E-state index in [1.807, 2.05) is 60.7 Å². The van der Waals surface area contributed by atoms with Gasteiger partial charge in [0.15, 0.2) is 0 Å². The fraction of sp³-hybridized carbons (Fsp3) is 0.304. The quantitative estimate of drug-likeness (QED) is 0.617. The largest absolute Gasteiger partial charge is 0.491 e. The van der Waals surface area contributed by atoms with Crippen molar-refractivity contribution in [2.24, 2.45) is 0 Å². The first-order valence-corrected chi connectivity index (χ1v) is 10.1. The van der Waals surface area contributed by atoms with Gasteiger partial charge in [0.2, 0.25) is 5.95 Å². The van der Waals surface area contributed by atoms with Crippen LogP contribution in [-0.4, -0.2) is 65.4 Å². The number of benzene rings is 2. The first kappa shape index (κ1) is 20.1. The molecule has 1 atom stereocenters. The van der Waals surface area contributed by atoms with E-state index in [0.29, 0.717) is 12.3 Å². The molecular formula is C23H26N4O3. The monoisotopic (exact) mass is 406 g/mol. The lowest BCUT2D eigenvalue weighted by atomic mass is 10.2. The number of ether oxygens (including phenoxy) is 2. The van der Waals surface area contributed by atoms with Gasteiger partial charge in [0.05, 0.1) is 0 Å². The number of β-amino-alcohol motifs (C(OH)–C–C–N with tert-alkyl or cyclic N) is 1. The maximum absolute atomic E-state index is 10.4. The van der Waals surface area contributed by atoms with Crippen LogP contribution in [-0.2, 0) is 0 Å². The second-order valence-corrected chi connectivity index (χ2v) is 7.19. The highest BCUT2D eigenvalue weighted by molar-refractivity contribution is 5.35. The first-order valence-electron chi connectivity index (χ1n) is 10.1. The van der Waals surface area contributed by atoms with E-state index in [9.17, 15) is 5.11 Å². The third kappa shape index (κ3) is 5.68. The number of aromatic nitrogens is 2. The molecule has 0 saturated carbocycles. The molecule has 156 valence electrons. The van der Waals surface area contributed by atoms with Crippen LogP contribution in [0.4, 0.5) is 5.95 Å². The minimum absolute atomic E-state index is 0.251. The van der Waals surface area contributed by atoms with Crippen molar-refractivity contribution in [3.8, 4) is 17.2 Å². The summed E-state index contributed by atoms with van der Waals surface area (Å²) in [7, 11) is 0. The van der Waals surface area contributed by atoms with Gasteiger partial charge in [-0.3, -0.25) is 4.90 Å². The number of nitrogens with zero attached hydrogens (tertiary/aromatic N) is 4. The molecule has 0 spiro atoms. The molecule has 7 heteroatoms. The van der Waals surface area contributed by atoms with Gasteiger partial charge in [-0.15, -0.1) is 0 Å². The fourth-order valence-corrected chi connectivity index (χ4v) is 3.36. The van der Waals surface area contributed by atoms with Gasteiger partial charge in [-0.1, -0.05) is 18.2 Å². The standard InChI is InChI=1S/C23H26N4O3/c28-19(17-26-13-15-27(16-14-26)23-24-11-4-12-25-23)18-29-20-7-9-22(10-8-20)30-21-5-2-1-3-6-21/h1-12,19,28H,13-18H2/t19-/m0/s1. The van der Waals surface area contributed by atoms with Gasteiger partial charge >= 0.3 is 0 Å². The van der Waals surface area contributed by atoms with Crippen molar-refractivity contribution in [2.45, 2.75) is 6.10 Å². The van der Waals surface area contributed by atoms with Gasteiger partial charge < -0.3 is 19.5 Å². The van der Waals surface area contributed by atoms with Crippen LogP contribution in [0, 0.1) is 0 Å². The van der Waals surface area contributed by atoms with Gasteiger partial charge in [0.1, 0.15) is 30.0 Å². The Bertz CT molecular complexity index is 885. The van der Waals surface area contributed by atoms with Crippen molar-refractivity contribution in [3.05, 3.63) is 73.1 Å². The number of hydrogen-bond acceptors (Lipinski definition) is 7. The van der Waals surface area contributed by atoms with Crippen molar-refractivity contribution < 1.29 is 14.6 Å². The SMILES string of the molecule is O[C@H](COc1ccc(Oc2ccccc2)cc1)CN1CCN(c2ncccn2)CC1. The average molecular weight is 406 g/mol. The predicted molar refractivity (Wildman–Crippen MR) is 115 cm³/mol. The summed E-state index contributed by atoms with van der Waals surface area (Å²) in [6.07, 6.45) is 2.97. The number of rotatable bonds is 8. The highest BCUT2D eigenvalue weighted by Gasteiger charge is 2.20. The van der Waals surface area contributed by atoms with Crippen molar-refractivity contribution in [2.75, 3.05) is 44.2 Å². The third-order valence-corrected chi connectivity index (χ3v) is 4.92. The fourth-order valence-electron chi connectivity index (χ4n) is 3.36. The van der Waals surface area contributed by atoms with Gasteiger partial charge in [-0.2, -0.15) is 0 Å². The van der Waals surface area contributed by atoms with E-state index in [1.54, 1.807) is 12.4 Å². The Labute approximate surface area is 176 Å². The lowest BCUT2D eigenvalue weighted by molar-refractivity contribution is 0.0662. The van der Waals surface area contributed by atoms with Crippen molar-refractivity contribution in [1.82, 2.24) is 14.9 Å². The predicted octanol–water partition coefficient (Wildman–Crippen LogP) is 2.83. The molecule has 0 amide bonds. The van der Waals surface area contributed by atoms with Crippen molar-refractivity contribution in [1.29, 1.82) is 0 Å². The van der Waals surface area contributed by atoms with Crippen LogP contribution < -0.4 is 14.4 Å². The Balaban J connectivity index is 1.18. The van der Waals surface area contributed by atoms with E-state index in [1.165, 1.54) is 0 Å². The molecule has 1 N–H and O–H groups in total. The number of aliphatic hydroxyl groups is 1. The van der Waals surface area contributed by atoms with Gasteiger partial charge in [-0.05, 0) is 42.5 Å². The van der Waals surface area contributed by atoms with E-state index < -0.39 is 6.10 Å². The smallest absolute Gasteiger partial charge is 0.225 e. The Kier molecular flexibility index (Phi) is 6.74. The van der Waals surface area contributed by atoms with Crippen LogP contribution in [0.2, 0.25) is 0 Å². The first-order chi connectivity index (χ1) is 14.8. The summed E-state index contributed by atoms with van der Waals surface area (Å²) < 4.78 is 11.5. The second-order valence-electron chi connectivity index (χ2n) is 7.19. The van der Waals surface area contributed by atoms with Gasteiger partial charge in [0, 0.05) is 45.1 Å². The number of anilines is 1. The summed E-state index contributed by atoms with van der Waals surface area (Å²) in [4.78, 5) is 13.0. The number of para-hydroxylation sites is 1. The molecule has 1 aliphatic rings. The number of hydrogen-bond donors (Lipinski definition) is 1. The van der Waals surface area contributed by atoms with Crippen LogP contribution in [0.1, 0.15) is 0 Å². The molecule has 1 saturated heterocycles. The zero-order valence-electron chi connectivity index (χ0n) is 16.8. The van der Waals surface area contributed by atoms with Crippen LogP contribution in [0.3, 0.4) is 0 Å². The molecule has 4 rings (SSSR count). The Hall–Kier alpha value is -3.16. The number of piperazine rings is 1. The summed E-state index contributed by atoms with van der Waals surface area (Å²) in [6.45, 7) is 4.25. The zero-order chi connectivity index (χ0) is 20.6. The molecule has 0 radical (unpaired) electrons. The zero-order valence-corrected chi connectivity index (χ0v) is 16.8. The normalized spacial score (nSPS) is 15.6. The maximum atomic E-state index is 10.4. The van der Waals surface area contributed by atoms with Crippen molar-refractivity contribution in [3.63, 3.8) is 0 Å². The molecule has 0 bridgehead atoms. The molecule has 2 heterocycles. The highest BCUT2D eigenvalue weighted by atomic mass is 16.5. The molecule has 7 nitrogen and oxygen atoms in total. The second kappa shape index (κ2) is 10.0. The number of aliphatic hydroxyl groups excluding tert-OH is 1. The van der Waals surface area contributed by atoms with E-state index in [2.05, 4.69) is 19.8 Å². The highest BCUT2D eigenvalue weighted by Crippen LogP contribution is 2.23.